The van der Waals surface area contributed by atoms with E-state index in [0.29, 0.717) is 0 Å². The molecule has 10 aromatic rings. The molecular weight excluding hydrogens is 807 g/mol. The highest BCUT2D eigenvalue weighted by molar-refractivity contribution is 7.99. The summed E-state index contributed by atoms with van der Waals surface area (Å²) in [6.07, 6.45) is 0. The molecule has 0 radical (unpaired) electrons. The van der Waals surface area contributed by atoms with Crippen molar-refractivity contribution in [2.24, 2.45) is 0 Å². The van der Waals surface area contributed by atoms with Gasteiger partial charge in [0.1, 0.15) is 11.5 Å². The van der Waals surface area contributed by atoms with E-state index < -0.39 is 10.8 Å². The first-order chi connectivity index (χ1) is 32.2. The molecule has 2 aliphatic carbocycles. The van der Waals surface area contributed by atoms with Crippen LogP contribution in [-0.2, 0) is 10.8 Å². The molecule has 10 aromatic carbocycles. The number of rotatable bonds is 4. The second-order valence-corrected chi connectivity index (χ2v) is 18.6. The first kappa shape index (κ1) is 36.6. The van der Waals surface area contributed by atoms with Crippen LogP contribution < -0.4 is 9.64 Å². The van der Waals surface area contributed by atoms with Crippen molar-refractivity contribution < 1.29 is 4.74 Å². The van der Waals surface area contributed by atoms with Gasteiger partial charge in [0.05, 0.1) is 10.8 Å². The van der Waals surface area contributed by atoms with E-state index in [4.69, 9.17) is 4.74 Å². The fourth-order valence-electron chi connectivity index (χ4n) is 11.8. The average molecular weight is 846 g/mol. The van der Waals surface area contributed by atoms with Gasteiger partial charge in [-0.25, -0.2) is 0 Å². The SMILES string of the molecule is c1ccc(-c2ccc(N(c3ccc4c(c3)C3(c5ccccc5Oc5ccccc53)c3ccccc3-4)c3ccc4c(c3)C3(c5ccccc5Sc5ccccc53)c3ccccc3-4)cc2)cc1. The van der Waals surface area contributed by atoms with Crippen LogP contribution in [0.4, 0.5) is 17.1 Å². The normalized spacial score (nSPS) is 14.5. The standard InChI is InChI=1S/C62H39NOS/c1-2-16-40(17-3-1)41-30-32-42(33-31-41)63(43-34-36-47-45-18-4-6-20-49(45)61(55(47)38-43)51-22-8-12-26-57(51)64-58-27-13-9-23-52(58)61)44-35-37-48-46-19-5-7-21-50(46)62(56(48)39-44)53-24-10-14-28-59(53)65-60-29-15-11-25-54(60)62/h1-39H. The van der Waals surface area contributed by atoms with Gasteiger partial charge in [0.2, 0.25) is 0 Å². The Balaban J connectivity index is 1.04. The predicted octanol–water partition coefficient (Wildman–Crippen LogP) is 16.1. The van der Waals surface area contributed by atoms with Gasteiger partial charge >= 0.3 is 0 Å². The van der Waals surface area contributed by atoms with E-state index >= 15 is 0 Å². The van der Waals surface area contributed by atoms with E-state index in [1.807, 2.05) is 11.8 Å². The molecule has 65 heavy (non-hydrogen) atoms. The lowest BCUT2D eigenvalue weighted by molar-refractivity contribution is 0.436. The lowest BCUT2D eigenvalue weighted by Crippen LogP contribution is -2.32. The van der Waals surface area contributed by atoms with Gasteiger partial charge in [-0.3, -0.25) is 0 Å². The van der Waals surface area contributed by atoms with Crippen molar-refractivity contribution in [2.75, 3.05) is 4.90 Å². The zero-order valence-corrected chi connectivity index (χ0v) is 36.1. The first-order valence-corrected chi connectivity index (χ1v) is 23.2. The Morgan fingerprint density at radius 2 is 0.677 bits per heavy atom. The molecule has 2 spiro atoms. The summed E-state index contributed by atoms with van der Waals surface area (Å²) < 4.78 is 6.72. The number of para-hydroxylation sites is 2. The number of anilines is 3. The molecule has 0 aromatic heterocycles. The Morgan fingerprint density at radius 3 is 1.22 bits per heavy atom. The minimum atomic E-state index is -0.590. The third-order valence-corrected chi connectivity index (χ3v) is 15.6. The highest BCUT2D eigenvalue weighted by atomic mass is 32.2. The smallest absolute Gasteiger partial charge is 0.132 e. The molecule has 304 valence electrons. The number of nitrogens with zero attached hydrogens (tertiary/aromatic N) is 1. The Labute approximate surface area is 383 Å². The van der Waals surface area contributed by atoms with Crippen molar-refractivity contribution in [1.29, 1.82) is 0 Å². The van der Waals surface area contributed by atoms with E-state index in [2.05, 4.69) is 241 Å². The van der Waals surface area contributed by atoms with Crippen molar-refractivity contribution in [3.63, 3.8) is 0 Å². The second kappa shape index (κ2) is 13.8. The van der Waals surface area contributed by atoms with Crippen LogP contribution in [0.25, 0.3) is 33.4 Å². The summed E-state index contributed by atoms with van der Waals surface area (Å²) >= 11 is 1.88. The van der Waals surface area contributed by atoms with Gasteiger partial charge in [-0.1, -0.05) is 188 Å². The van der Waals surface area contributed by atoms with Crippen molar-refractivity contribution >= 4 is 28.8 Å². The minimum Gasteiger partial charge on any atom is -0.457 e. The molecule has 0 unspecified atom stereocenters. The first-order valence-electron chi connectivity index (χ1n) is 22.4. The topological polar surface area (TPSA) is 12.5 Å². The summed E-state index contributed by atoms with van der Waals surface area (Å²) in [5.74, 6) is 1.78. The highest BCUT2D eigenvalue weighted by Gasteiger charge is 2.52. The van der Waals surface area contributed by atoms with Crippen LogP contribution in [0.15, 0.2) is 246 Å². The third-order valence-electron chi connectivity index (χ3n) is 14.4. The molecular formula is C62H39NOS. The summed E-state index contributed by atoms with van der Waals surface area (Å²) in [6.45, 7) is 0. The Morgan fingerprint density at radius 1 is 0.292 bits per heavy atom. The molecule has 2 aliphatic heterocycles. The summed E-state index contributed by atoms with van der Waals surface area (Å²) in [6, 6.07) is 87.6. The molecule has 0 bridgehead atoms. The zero-order valence-electron chi connectivity index (χ0n) is 35.3. The quantitative estimate of drug-likeness (QED) is 0.175. The van der Waals surface area contributed by atoms with Gasteiger partial charge in [0.15, 0.2) is 0 Å². The van der Waals surface area contributed by atoms with Gasteiger partial charge in [-0.2, -0.15) is 0 Å². The number of fused-ring (bicyclic) bond motifs is 18. The molecule has 2 nitrogen and oxygen atoms in total. The average Bonchev–Trinajstić information content (AvgIpc) is 3.82. The maximum Gasteiger partial charge on any atom is 0.132 e. The maximum atomic E-state index is 6.72. The lowest BCUT2D eigenvalue weighted by Gasteiger charge is -2.40. The van der Waals surface area contributed by atoms with E-state index in [0.717, 1.165) is 39.7 Å². The van der Waals surface area contributed by atoms with Crippen molar-refractivity contribution in [3.8, 4) is 44.9 Å². The molecule has 0 saturated carbocycles. The van der Waals surface area contributed by atoms with Crippen LogP contribution in [0.3, 0.4) is 0 Å². The molecule has 14 rings (SSSR count). The highest BCUT2D eigenvalue weighted by Crippen LogP contribution is 2.65. The van der Waals surface area contributed by atoms with Crippen LogP contribution in [0, 0.1) is 0 Å². The maximum absolute atomic E-state index is 6.72. The van der Waals surface area contributed by atoms with Gasteiger partial charge in [0.25, 0.3) is 0 Å². The van der Waals surface area contributed by atoms with Gasteiger partial charge in [-0.05, 0) is 127 Å². The van der Waals surface area contributed by atoms with Crippen molar-refractivity contribution in [2.45, 2.75) is 20.6 Å². The molecule has 0 N–H and O–H groups in total. The van der Waals surface area contributed by atoms with Crippen LogP contribution in [0.2, 0.25) is 0 Å². The van der Waals surface area contributed by atoms with Crippen LogP contribution in [0.5, 0.6) is 11.5 Å². The van der Waals surface area contributed by atoms with Gasteiger partial charge in [-0.15, -0.1) is 0 Å². The number of hydrogen-bond acceptors (Lipinski definition) is 3. The van der Waals surface area contributed by atoms with E-state index in [1.165, 1.54) is 76.6 Å². The number of ether oxygens (including phenoxy) is 1. The van der Waals surface area contributed by atoms with E-state index in [1.54, 1.807) is 0 Å². The molecule has 2 heterocycles. The Bertz CT molecular complexity index is 3290. The number of hydrogen-bond donors (Lipinski definition) is 0. The monoisotopic (exact) mass is 845 g/mol. The summed E-state index contributed by atoms with van der Waals surface area (Å²) in [5, 5.41) is 0. The van der Waals surface area contributed by atoms with Crippen LogP contribution >= 0.6 is 11.8 Å². The number of benzene rings is 10. The molecule has 0 fully saturated rings. The minimum absolute atomic E-state index is 0.498. The van der Waals surface area contributed by atoms with Crippen LogP contribution in [0.1, 0.15) is 44.5 Å². The predicted molar refractivity (Wildman–Crippen MR) is 265 cm³/mol. The largest absolute Gasteiger partial charge is 0.457 e. The van der Waals surface area contributed by atoms with E-state index in [9.17, 15) is 0 Å². The molecule has 4 aliphatic rings. The second-order valence-electron chi connectivity index (χ2n) is 17.5. The third kappa shape index (κ3) is 4.96. The molecule has 0 saturated heterocycles. The molecule has 0 amide bonds. The zero-order chi connectivity index (χ0) is 42.7. The Hall–Kier alpha value is -7.85. The summed E-state index contributed by atoms with van der Waals surface area (Å²) in [4.78, 5) is 5.08. The van der Waals surface area contributed by atoms with Crippen LogP contribution in [-0.4, -0.2) is 0 Å². The fraction of sp³-hybridized carbons (Fsp3) is 0.0323. The van der Waals surface area contributed by atoms with Gasteiger partial charge < -0.3 is 9.64 Å². The molecule has 0 atom stereocenters. The lowest BCUT2D eigenvalue weighted by atomic mass is 9.66. The Kier molecular flexibility index (Phi) is 7.79. The fourth-order valence-corrected chi connectivity index (χ4v) is 13.0. The van der Waals surface area contributed by atoms with E-state index in [-0.39, 0.29) is 0 Å². The summed E-state index contributed by atoms with van der Waals surface area (Å²) in [7, 11) is 0. The van der Waals surface area contributed by atoms with Gasteiger partial charge in [0, 0.05) is 38.0 Å². The summed E-state index contributed by atoms with van der Waals surface area (Å²) in [5.41, 5.74) is 19.8. The van der Waals surface area contributed by atoms with Crippen molar-refractivity contribution in [3.05, 3.63) is 281 Å². The van der Waals surface area contributed by atoms with Crippen molar-refractivity contribution in [1.82, 2.24) is 0 Å². The molecule has 3 heteroatoms.